The zero-order valence-corrected chi connectivity index (χ0v) is 12.9. The van der Waals surface area contributed by atoms with Crippen molar-refractivity contribution in [3.63, 3.8) is 0 Å². The fourth-order valence-corrected chi connectivity index (χ4v) is 3.24. The highest BCUT2D eigenvalue weighted by atomic mass is 35.5. The first-order chi connectivity index (χ1) is 8.87. The maximum absolute atomic E-state index is 10.9. The largest absolute Gasteiger partial charge is 0.275 e. The Morgan fingerprint density at radius 1 is 1.42 bits per heavy atom. The topological polar surface area (TPSA) is 76.4 Å². The van der Waals surface area contributed by atoms with Crippen LogP contribution in [0.25, 0.3) is 5.65 Å². The van der Waals surface area contributed by atoms with Crippen molar-refractivity contribution >= 4 is 50.6 Å². The third-order valence-corrected chi connectivity index (χ3v) is 4.25. The van der Waals surface area contributed by atoms with Crippen LogP contribution < -0.4 is 4.72 Å². The predicted octanol–water partition coefficient (Wildman–Crippen LogP) is 1.68. The van der Waals surface area contributed by atoms with Crippen LogP contribution in [0, 0.1) is 0 Å². The molecule has 0 atom stereocenters. The van der Waals surface area contributed by atoms with Crippen LogP contribution in [-0.2, 0) is 10.0 Å². The van der Waals surface area contributed by atoms with E-state index in [0.717, 1.165) is 6.26 Å². The molecular formula is C9H10Cl2N4O2S2. The molecule has 0 spiro atoms. The first-order valence-electron chi connectivity index (χ1n) is 5.14. The van der Waals surface area contributed by atoms with Gasteiger partial charge in [0.15, 0.2) is 10.8 Å². The Bertz CT molecular complexity index is 702. The molecule has 2 heterocycles. The van der Waals surface area contributed by atoms with E-state index in [2.05, 4.69) is 14.9 Å². The van der Waals surface area contributed by atoms with E-state index in [-0.39, 0.29) is 0 Å². The number of halogens is 2. The van der Waals surface area contributed by atoms with E-state index in [0.29, 0.717) is 33.1 Å². The number of nitrogens with zero attached hydrogens (tertiary/aromatic N) is 3. The predicted molar refractivity (Wildman–Crippen MR) is 76.6 cm³/mol. The van der Waals surface area contributed by atoms with Gasteiger partial charge in [-0.05, 0) is 6.07 Å². The molecule has 0 aliphatic heterocycles. The number of aromatic nitrogens is 3. The second-order valence-electron chi connectivity index (χ2n) is 3.70. The number of sulfonamides is 1. The number of fused-ring (bicyclic) bond motifs is 1. The van der Waals surface area contributed by atoms with Gasteiger partial charge in [0.25, 0.3) is 0 Å². The van der Waals surface area contributed by atoms with Gasteiger partial charge in [-0.3, -0.25) is 4.40 Å². The Morgan fingerprint density at radius 2 is 2.16 bits per heavy atom. The molecule has 0 saturated heterocycles. The van der Waals surface area contributed by atoms with Crippen molar-refractivity contribution in [2.75, 3.05) is 18.6 Å². The first-order valence-corrected chi connectivity index (χ1v) is 8.77. The SMILES string of the molecule is CS(=O)(=O)NCCSc1nnc2c(Cl)cc(Cl)cn12. The Morgan fingerprint density at radius 3 is 2.84 bits per heavy atom. The zero-order chi connectivity index (χ0) is 14.0. The fraction of sp³-hybridized carbons (Fsp3) is 0.333. The van der Waals surface area contributed by atoms with Gasteiger partial charge in [-0.25, -0.2) is 13.1 Å². The molecule has 2 aromatic rings. The van der Waals surface area contributed by atoms with E-state index >= 15 is 0 Å². The average Bonchev–Trinajstić information content (AvgIpc) is 2.66. The molecule has 2 aromatic heterocycles. The van der Waals surface area contributed by atoms with E-state index < -0.39 is 10.0 Å². The summed E-state index contributed by atoms with van der Waals surface area (Å²) in [4.78, 5) is 0. The first kappa shape index (κ1) is 14.9. The molecule has 0 unspecified atom stereocenters. The minimum absolute atomic E-state index is 0.312. The maximum Gasteiger partial charge on any atom is 0.208 e. The minimum atomic E-state index is -3.17. The average molecular weight is 341 g/mol. The fourth-order valence-electron chi connectivity index (χ4n) is 1.37. The highest BCUT2D eigenvalue weighted by molar-refractivity contribution is 7.99. The summed E-state index contributed by atoms with van der Waals surface area (Å²) in [6.45, 7) is 0.312. The van der Waals surface area contributed by atoms with Gasteiger partial charge < -0.3 is 0 Å². The lowest BCUT2D eigenvalue weighted by Crippen LogP contribution is -2.24. The molecular weight excluding hydrogens is 331 g/mol. The summed E-state index contributed by atoms with van der Waals surface area (Å²) in [7, 11) is -3.17. The third-order valence-electron chi connectivity index (χ3n) is 2.09. The summed E-state index contributed by atoms with van der Waals surface area (Å²) < 4.78 is 25.9. The lowest BCUT2D eigenvalue weighted by molar-refractivity contribution is 0.590. The molecule has 0 aromatic carbocycles. The van der Waals surface area contributed by atoms with Gasteiger partial charge in [-0.1, -0.05) is 35.0 Å². The van der Waals surface area contributed by atoms with Crippen LogP contribution in [0.15, 0.2) is 17.4 Å². The summed E-state index contributed by atoms with van der Waals surface area (Å²) in [6.07, 6.45) is 2.78. The van der Waals surface area contributed by atoms with Crippen LogP contribution in [0.5, 0.6) is 0 Å². The van der Waals surface area contributed by atoms with Crippen molar-refractivity contribution in [1.29, 1.82) is 0 Å². The van der Waals surface area contributed by atoms with E-state index in [4.69, 9.17) is 23.2 Å². The van der Waals surface area contributed by atoms with Crippen LogP contribution in [0.2, 0.25) is 10.0 Å². The second-order valence-corrected chi connectivity index (χ2v) is 7.44. The molecule has 104 valence electrons. The van der Waals surface area contributed by atoms with E-state index in [9.17, 15) is 8.42 Å². The minimum Gasteiger partial charge on any atom is -0.275 e. The summed E-state index contributed by atoms with van der Waals surface area (Å²) in [5.74, 6) is 0.526. The van der Waals surface area contributed by atoms with Gasteiger partial charge in [0.1, 0.15) is 0 Å². The quantitative estimate of drug-likeness (QED) is 0.661. The van der Waals surface area contributed by atoms with Crippen molar-refractivity contribution in [2.45, 2.75) is 5.16 Å². The summed E-state index contributed by atoms with van der Waals surface area (Å²) in [6, 6.07) is 1.59. The highest BCUT2D eigenvalue weighted by Crippen LogP contribution is 2.24. The smallest absolute Gasteiger partial charge is 0.208 e. The summed E-state index contributed by atoms with van der Waals surface area (Å²) >= 11 is 13.3. The van der Waals surface area contributed by atoms with Crippen LogP contribution in [0.3, 0.4) is 0 Å². The number of pyridine rings is 1. The second kappa shape index (κ2) is 5.84. The lowest BCUT2D eigenvalue weighted by atomic mass is 10.5. The van der Waals surface area contributed by atoms with Crippen molar-refractivity contribution in [3.8, 4) is 0 Å². The number of hydrogen-bond acceptors (Lipinski definition) is 5. The number of hydrogen-bond donors (Lipinski definition) is 1. The highest BCUT2D eigenvalue weighted by Gasteiger charge is 2.10. The molecule has 6 nitrogen and oxygen atoms in total. The van der Waals surface area contributed by atoms with Crippen LogP contribution in [0.4, 0.5) is 0 Å². The normalized spacial score (nSPS) is 12.2. The molecule has 0 aliphatic carbocycles. The molecule has 0 bridgehead atoms. The van der Waals surface area contributed by atoms with Gasteiger partial charge in [-0.2, -0.15) is 0 Å². The molecule has 0 aliphatic rings. The number of nitrogens with one attached hydrogen (secondary N) is 1. The monoisotopic (exact) mass is 340 g/mol. The van der Waals surface area contributed by atoms with Crippen molar-refractivity contribution < 1.29 is 8.42 Å². The third kappa shape index (κ3) is 3.96. The molecule has 0 amide bonds. The van der Waals surface area contributed by atoms with Crippen LogP contribution in [0.1, 0.15) is 0 Å². The molecule has 19 heavy (non-hydrogen) atoms. The van der Waals surface area contributed by atoms with Crippen LogP contribution in [-0.4, -0.2) is 41.6 Å². The Hall–Kier alpha value is -0.540. The summed E-state index contributed by atoms with van der Waals surface area (Å²) in [5, 5.41) is 9.44. The molecule has 0 saturated carbocycles. The zero-order valence-electron chi connectivity index (χ0n) is 9.80. The van der Waals surface area contributed by atoms with Gasteiger partial charge in [0.05, 0.1) is 16.3 Å². The molecule has 0 radical (unpaired) electrons. The lowest BCUT2D eigenvalue weighted by Gasteiger charge is -2.02. The number of rotatable bonds is 5. The molecule has 1 N–H and O–H groups in total. The van der Waals surface area contributed by atoms with Crippen molar-refractivity contribution in [3.05, 3.63) is 22.3 Å². The Balaban J connectivity index is 2.09. The Labute approximate surface area is 124 Å². The maximum atomic E-state index is 10.9. The van der Waals surface area contributed by atoms with E-state index in [1.165, 1.54) is 11.8 Å². The Kier molecular flexibility index (Phi) is 4.57. The van der Waals surface area contributed by atoms with Crippen LogP contribution >= 0.6 is 35.0 Å². The van der Waals surface area contributed by atoms with Gasteiger partial charge in [0, 0.05) is 18.5 Å². The van der Waals surface area contributed by atoms with Crippen molar-refractivity contribution in [1.82, 2.24) is 19.3 Å². The van der Waals surface area contributed by atoms with Crippen molar-refractivity contribution in [2.24, 2.45) is 0 Å². The van der Waals surface area contributed by atoms with E-state index in [1.807, 2.05) is 0 Å². The standard InChI is InChI=1S/C9H10Cl2N4O2S2/c1-19(16,17)12-2-3-18-9-14-13-8-7(11)4-6(10)5-15(8)9/h4-5,12H,2-3H2,1H3. The molecule has 10 heteroatoms. The number of thioether (sulfide) groups is 1. The molecule has 0 fully saturated rings. The van der Waals surface area contributed by atoms with Gasteiger partial charge >= 0.3 is 0 Å². The summed E-state index contributed by atoms with van der Waals surface area (Å²) in [5.41, 5.74) is 0.518. The van der Waals surface area contributed by atoms with E-state index in [1.54, 1.807) is 16.7 Å². The molecule has 2 rings (SSSR count). The van der Waals surface area contributed by atoms with Gasteiger partial charge in [-0.15, -0.1) is 10.2 Å². The van der Waals surface area contributed by atoms with Gasteiger partial charge in [0.2, 0.25) is 10.0 Å².